The lowest BCUT2D eigenvalue weighted by Crippen LogP contribution is -2.29. The fourth-order valence-corrected chi connectivity index (χ4v) is 2.86. The number of aliphatic carboxylic acids is 1. The van der Waals surface area contributed by atoms with E-state index in [2.05, 4.69) is 0 Å². The second-order valence-electron chi connectivity index (χ2n) is 5.67. The summed E-state index contributed by atoms with van der Waals surface area (Å²) in [7, 11) is 0. The summed E-state index contributed by atoms with van der Waals surface area (Å²) in [5.41, 5.74) is -0.911. The van der Waals surface area contributed by atoms with Crippen molar-refractivity contribution in [2.75, 3.05) is 0 Å². The van der Waals surface area contributed by atoms with Crippen molar-refractivity contribution in [3.63, 3.8) is 0 Å². The molecule has 0 aromatic carbocycles. The first kappa shape index (κ1) is 13.3. The molecule has 0 spiro atoms. The third-order valence-electron chi connectivity index (χ3n) is 4.35. The number of halogens is 3. The first-order valence-corrected chi connectivity index (χ1v) is 5.21. The van der Waals surface area contributed by atoms with Crippen LogP contribution in [0.2, 0.25) is 0 Å². The molecule has 1 aliphatic rings. The Labute approximate surface area is 92.8 Å². The summed E-state index contributed by atoms with van der Waals surface area (Å²) >= 11 is 0. The van der Waals surface area contributed by atoms with Gasteiger partial charge in [0, 0.05) is 0 Å². The predicted octanol–water partition coefficient (Wildman–Crippen LogP) is 3.32. The fourth-order valence-electron chi connectivity index (χ4n) is 2.86. The van der Waals surface area contributed by atoms with E-state index in [4.69, 9.17) is 5.11 Å². The third-order valence-corrected chi connectivity index (χ3v) is 4.35. The molecular weight excluding hydrogens is 221 g/mol. The average molecular weight is 238 g/mol. The Morgan fingerprint density at radius 2 is 1.62 bits per heavy atom. The minimum atomic E-state index is -4.44. The van der Waals surface area contributed by atoms with Gasteiger partial charge in [0.15, 0.2) is 0 Å². The van der Waals surface area contributed by atoms with Crippen LogP contribution < -0.4 is 0 Å². The number of carbonyl (C=O) groups is 1. The molecule has 0 saturated heterocycles. The van der Waals surface area contributed by atoms with Gasteiger partial charge in [-0.05, 0) is 16.7 Å². The van der Waals surface area contributed by atoms with Crippen molar-refractivity contribution >= 4 is 5.97 Å². The van der Waals surface area contributed by atoms with Gasteiger partial charge in [0.1, 0.15) is 0 Å². The van der Waals surface area contributed by atoms with Gasteiger partial charge in [-0.1, -0.05) is 27.7 Å². The Bertz CT molecular complexity index is 291. The number of alkyl halides is 3. The average Bonchev–Trinajstić information content (AvgIpc) is 2.36. The molecule has 94 valence electrons. The van der Waals surface area contributed by atoms with E-state index in [1.54, 1.807) is 27.7 Å². The number of carboxylic acids is 1. The number of carboxylic acid groups (broad SMARTS) is 1. The van der Waals surface area contributed by atoms with E-state index in [-0.39, 0.29) is 0 Å². The molecule has 0 radical (unpaired) electrons. The topological polar surface area (TPSA) is 37.3 Å². The molecule has 0 bridgehead atoms. The molecule has 0 aromatic heterocycles. The van der Waals surface area contributed by atoms with Gasteiger partial charge < -0.3 is 5.11 Å². The van der Waals surface area contributed by atoms with Crippen LogP contribution in [-0.2, 0) is 4.79 Å². The molecule has 1 fully saturated rings. The maximum absolute atomic E-state index is 12.8. The molecule has 1 rings (SSSR count). The van der Waals surface area contributed by atoms with Crippen molar-refractivity contribution in [3.8, 4) is 0 Å². The van der Waals surface area contributed by atoms with Gasteiger partial charge in [-0.3, -0.25) is 4.79 Å². The lowest BCUT2D eigenvalue weighted by molar-refractivity contribution is -0.191. The minimum absolute atomic E-state index is 0.456. The van der Waals surface area contributed by atoms with Crippen molar-refractivity contribution in [3.05, 3.63) is 0 Å². The molecule has 2 nitrogen and oxygen atoms in total. The highest BCUT2D eigenvalue weighted by Crippen LogP contribution is 2.73. The molecular formula is C11H17F3O2. The molecule has 0 amide bonds. The van der Waals surface area contributed by atoms with Gasteiger partial charge >= 0.3 is 12.1 Å². The van der Waals surface area contributed by atoms with Crippen molar-refractivity contribution in [1.29, 1.82) is 0 Å². The van der Waals surface area contributed by atoms with Crippen molar-refractivity contribution in [2.24, 2.45) is 22.7 Å². The maximum atomic E-state index is 12.8. The predicted molar refractivity (Wildman–Crippen MR) is 52.8 cm³/mol. The smallest absolute Gasteiger partial charge is 0.392 e. The van der Waals surface area contributed by atoms with Gasteiger partial charge in [0.2, 0.25) is 0 Å². The Kier molecular flexibility index (Phi) is 2.81. The first-order valence-electron chi connectivity index (χ1n) is 5.21. The van der Waals surface area contributed by atoms with Gasteiger partial charge in [0.05, 0.1) is 12.3 Å². The van der Waals surface area contributed by atoms with Gasteiger partial charge in [-0.25, -0.2) is 0 Å². The fraction of sp³-hybridized carbons (Fsp3) is 0.909. The zero-order valence-electron chi connectivity index (χ0n) is 9.85. The molecule has 5 heteroatoms. The van der Waals surface area contributed by atoms with Crippen LogP contribution in [0, 0.1) is 22.7 Å². The van der Waals surface area contributed by atoms with E-state index in [0.717, 1.165) is 0 Å². The zero-order valence-corrected chi connectivity index (χ0v) is 9.85. The molecule has 0 aromatic rings. The molecule has 16 heavy (non-hydrogen) atoms. The molecule has 1 saturated carbocycles. The first-order chi connectivity index (χ1) is 6.92. The highest BCUT2D eigenvalue weighted by molar-refractivity contribution is 5.67. The lowest BCUT2D eigenvalue weighted by atomic mass is 9.92. The second-order valence-corrected chi connectivity index (χ2v) is 5.67. The van der Waals surface area contributed by atoms with Crippen LogP contribution in [0.5, 0.6) is 0 Å². The molecule has 1 atom stereocenters. The van der Waals surface area contributed by atoms with Crippen molar-refractivity contribution < 1.29 is 23.1 Å². The monoisotopic (exact) mass is 238 g/mol. The van der Waals surface area contributed by atoms with Gasteiger partial charge in [0.25, 0.3) is 0 Å². The third kappa shape index (κ3) is 1.92. The van der Waals surface area contributed by atoms with Crippen molar-refractivity contribution in [2.45, 2.75) is 40.3 Å². The summed E-state index contributed by atoms with van der Waals surface area (Å²) < 4.78 is 38.4. The van der Waals surface area contributed by atoms with E-state index in [1.807, 2.05) is 0 Å². The van der Waals surface area contributed by atoms with E-state index < -0.39 is 41.2 Å². The molecule has 0 aliphatic heterocycles. The maximum Gasteiger partial charge on any atom is 0.392 e. The second kappa shape index (κ2) is 3.37. The largest absolute Gasteiger partial charge is 0.481 e. The quantitative estimate of drug-likeness (QED) is 0.818. The van der Waals surface area contributed by atoms with E-state index in [0.29, 0.717) is 0 Å². The van der Waals surface area contributed by atoms with E-state index in [9.17, 15) is 18.0 Å². The number of hydrogen-bond acceptors (Lipinski definition) is 1. The van der Waals surface area contributed by atoms with Crippen LogP contribution in [0.25, 0.3) is 0 Å². The number of rotatable bonds is 3. The molecule has 1 aliphatic carbocycles. The minimum Gasteiger partial charge on any atom is -0.481 e. The van der Waals surface area contributed by atoms with Crippen LogP contribution in [0.4, 0.5) is 13.2 Å². The van der Waals surface area contributed by atoms with Crippen molar-refractivity contribution in [1.82, 2.24) is 0 Å². The van der Waals surface area contributed by atoms with Gasteiger partial charge in [-0.15, -0.1) is 0 Å². The van der Waals surface area contributed by atoms with E-state index in [1.165, 1.54) is 0 Å². The standard InChI is InChI=1S/C11H17F3O2/c1-9(2)8(10(9,3)4)6(5-7(15)16)11(12,13)14/h6,8H,5H2,1-4H3,(H,15,16). The molecule has 1 unspecified atom stereocenters. The summed E-state index contributed by atoms with van der Waals surface area (Å²) in [4.78, 5) is 10.5. The summed E-state index contributed by atoms with van der Waals surface area (Å²) in [6.07, 6.45) is -5.27. The van der Waals surface area contributed by atoms with Crippen LogP contribution in [0.3, 0.4) is 0 Å². The van der Waals surface area contributed by atoms with Crippen LogP contribution in [0.1, 0.15) is 34.1 Å². The van der Waals surface area contributed by atoms with Crippen LogP contribution in [0.15, 0.2) is 0 Å². The molecule has 0 heterocycles. The SMILES string of the molecule is CC1(C)C(C(CC(=O)O)C(F)(F)F)C1(C)C. The lowest BCUT2D eigenvalue weighted by Gasteiger charge is -2.20. The normalized spacial score (nSPS) is 25.2. The summed E-state index contributed by atoms with van der Waals surface area (Å²) in [6, 6.07) is 0. The Hall–Kier alpha value is -0.740. The van der Waals surface area contributed by atoms with E-state index >= 15 is 0 Å². The Morgan fingerprint density at radius 3 is 1.81 bits per heavy atom. The Balaban J connectivity index is 2.94. The summed E-state index contributed by atoms with van der Waals surface area (Å²) in [5, 5.41) is 8.56. The van der Waals surface area contributed by atoms with Gasteiger partial charge in [-0.2, -0.15) is 13.2 Å². The Morgan fingerprint density at radius 1 is 1.25 bits per heavy atom. The summed E-state index contributed by atoms with van der Waals surface area (Å²) in [5.74, 6) is -3.74. The summed E-state index contributed by atoms with van der Waals surface area (Å²) in [6.45, 7) is 7.05. The zero-order chi connectivity index (χ0) is 12.9. The highest BCUT2D eigenvalue weighted by atomic mass is 19.4. The molecule has 1 N–H and O–H groups in total. The van der Waals surface area contributed by atoms with Crippen LogP contribution in [-0.4, -0.2) is 17.3 Å². The number of hydrogen-bond donors (Lipinski definition) is 1. The highest BCUT2D eigenvalue weighted by Gasteiger charge is 2.71. The van der Waals surface area contributed by atoms with Crippen LogP contribution >= 0.6 is 0 Å².